The van der Waals surface area contributed by atoms with E-state index in [0.29, 0.717) is 33.7 Å². The quantitative estimate of drug-likeness (QED) is 0.212. The first kappa shape index (κ1) is 24.0. The maximum atomic E-state index is 14.0. The lowest BCUT2D eigenvalue weighted by atomic mass is 9.83. The Labute approximate surface area is 212 Å². The van der Waals surface area contributed by atoms with Crippen molar-refractivity contribution in [1.82, 2.24) is 0 Å². The summed E-state index contributed by atoms with van der Waals surface area (Å²) in [6.07, 6.45) is -0.190. The van der Waals surface area contributed by atoms with E-state index >= 15 is 0 Å². The van der Waals surface area contributed by atoms with Gasteiger partial charge in [-0.1, -0.05) is 41.9 Å². The molecule has 0 aliphatic carbocycles. The lowest BCUT2D eigenvalue weighted by Gasteiger charge is -2.51. The van der Waals surface area contributed by atoms with Gasteiger partial charge in [0.2, 0.25) is 5.78 Å². The molecule has 1 aromatic heterocycles. The lowest BCUT2D eigenvalue weighted by molar-refractivity contribution is -0.938. The van der Waals surface area contributed by atoms with E-state index in [-0.39, 0.29) is 17.8 Å². The number of hydrogen-bond acceptors (Lipinski definition) is 5. The Bertz CT molecular complexity index is 1160. The number of rotatable bonds is 7. The second kappa shape index (κ2) is 10.1. The first-order chi connectivity index (χ1) is 16.9. The number of hydrogen-bond donors (Lipinski definition) is 0. The van der Waals surface area contributed by atoms with Crippen molar-refractivity contribution in [3.8, 4) is 0 Å². The summed E-state index contributed by atoms with van der Waals surface area (Å²) in [7, 11) is 0. The van der Waals surface area contributed by atoms with Gasteiger partial charge in [-0.2, -0.15) is 0 Å². The maximum Gasteiger partial charge on any atom is 0.509 e. The van der Waals surface area contributed by atoms with Crippen LogP contribution in [0.2, 0.25) is 5.02 Å². The van der Waals surface area contributed by atoms with Crippen LogP contribution in [0.4, 0.5) is 9.18 Å². The van der Waals surface area contributed by atoms with Gasteiger partial charge in [-0.05, 0) is 41.3 Å². The number of nitrogens with zero attached hydrogens (tertiary/aromatic N) is 1. The highest BCUT2D eigenvalue weighted by atomic mass is 35.5. The molecular weight excluding hydrogens is 489 g/mol. The smallest absolute Gasteiger partial charge is 0.425 e. The summed E-state index contributed by atoms with van der Waals surface area (Å²) in [6.45, 7) is 2.82. The van der Waals surface area contributed by atoms with Gasteiger partial charge in [-0.3, -0.25) is 4.79 Å². The third-order valence-corrected chi connectivity index (χ3v) is 8.23. The second-order valence-corrected chi connectivity index (χ2v) is 10.8. The SMILES string of the molecule is O=C(OC(c1cccc(F)c1)c1cccc(Cl)c1)O[C@H]1C[N+]2(CC(=O)c3cccs3)CCC1CC2. The van der Waals surface area contributed by atoms with Crippen LogP contribution >= 0.6 is 22.9 Å². The van der Waals surface area contributed by atoms with Crippen LogP contribution in [0.5, 0.6) is 0 Å². The largest absolute Gasteiger partial charge is 0.509 e. The van der Waals surface area contributed by atoms with Crippen LogP contribution < -0.4 is 0 Å². The van der Waals surface area contributed by atoms with Crippen LogP contribution in [0.3, 0.4) is 0 Å². The Hall–Kier alpha value is -2.74. The number of Topliss-reactive ketones (excluding diaryl/α,β-unsaturated/α-hetero) is 1. The number of fused-ring (bicyclic) bond motifs is 3. The number of ketones is 1. The number of carbonyl (C=O) groups is 2. The Balaban J connectivity index is 1.30. The molecule has 0 saturated carbocycles. The molecule has 3 fully saturated rings. The fourth-order valence-electron chi connectivity index (χ4n) is 5.31. The molecule has 0 spiro atoms. The van der Waals surface area contributed by atoms with Gasteiger partial charge in [0.05, 0.1) is 18.0 Å². The van der Waals surface area contributed by atoms with Gasteiger partial charge in [0.25, 0.3) is 0 Å². The van der Waals surface area contributed by atoms with Crippen LogP contribution in [-0.2, 0) is 9.47 Å². The van der Waals surface area contributed by atoms with Gasteiger partial charge in [-0.25, -0.2) is 9.18 Å². The molecule has 2 aromatic carbocycles. The number of ether oxygens (including phenoxy) is 2. The zero-order valence-corrected chi connectivity index (χ0v) is 20.6. The van der Waals surface area contributed by atoms with Crippen LogP contribution in [-0.4, -0.2) is 48.7 Å². The van der Waals surface area contributed by atoms with E-state index in [0.717, 1.165) is 30.8 Å². The molecule has 4 heterocycles. The Morgan fingerprint density at radius 1 is 1.06 bits per heavy atom. The second-order valence-electron chi connectivity index (χ2n) is 9.38. The molecule has 3 aliphatic heterocycles. The van der Waals surface area contributed by atoms with Crippen LogP contribution in [0.15, 0.2) is 66.0 Å². The summed E-state index contributed by atoms with van der Waals surface area (Å²) in [5.41, 5.74) is 1.11. The fourth-order valence-corrected chi connectivity index (χ4v) is 6.17. The molecule has 2 atom stereocenters. The molecule has 3 saturated heterocycles. The van der Waals surface area contributed by atoms with E-state index < -0.39 is 18.1 Å². The van der Waals surface area contributed by atoms with Crippen LogP contribution in [0, 0.1) is 11.7 Å². The molecule has 1 unspecified atom stereocenters. The van der Waals surface area contributed by atoms with Gasteiger partial charge < -0.3 is 14.0 Å². The molecule has 0 N–H and O–H groups in total. The van der Waals surface area contributed by atoms with E-state index in [1.807, 2.05) is 17.5 Å². The van der Waals surface area contributed by atoms with Crippen molar-refractivity contribution in [2.45, 2.75) is 25.0 Å². The average Bonchev–Trinajstić information content (AvgIpc) is 3.38. The minimum Gasteiger partial charge on any atom is -0.425 e. The summed E-state index contributed by atoms with van der Waals surface area (Å²) in [6, 6.07) is 16.6. The summed E-state index contributed by atoms with van der Waals surface area (Å²) in [5.74, 6) is -0.0438. The van der Waals surface area contributed by atoms with Crippen molar-refractivity contribution in [3.05, 3.63) is 92.9 Å². The van der Waals surface area contributed by atoms with Gasteiger partial charge in [0, 0.05) is 29.3 Å². The number of benzene rings is 2. The summed E-state index contributed by atoms with van der Waals surface area (Å²) >= 11 is 7.62. The molecule has 3 aliphatic rings. The molecule has 6 rings (SSSR count). The van der Waals surface area contributed by atoms with E-state index in [1.165, 1.54) is 23.5 Å². The standard InChI is InChI=1S/C27H26ClFNO4S/c28-21-6-1-4-19(14-21)26(20-5-2-7-22(29)15-20)34-27(32)33-24-17-30(11-9-18(24)10-12-30)16-23(31)25-8-3-13-35-25/h1-8,13-15,18,24,26H,9-12,16-17H2/q+1/t18?,24-,26?,30?/m0/s1. The van der Waals surface area contributed by atoms with Crippen molar-refractivity contribution in [1.29, 1.82) is 0 Å². The first-order valence-electron chi connectivity index (χ1n) is 11.7. The summed E-state index contributed by atoms with van der Waals surface area (Å²) < 4.78 is 26.2. The van der Waals surface area contributed by atoms with Crippen molar-refractivity contribution in [3.63, 3.8) is 0 Å². The Morgan fingerprint density at radius 3 is 2.49 bits per heavy atom. The van der Waals surface area contributed by atoms with Crippen molar-refractivity contribution < 1.29 is 27.9 Å². The van der Waals surface area contributed by atoms with E-state index in [2.05, 4.69) is 0 Å². The van der Waals surface area contributed by atoms with Gasteiger partial charge in [0.15, 0.2) is 12.2 Å². The molecule has 182 valence electrons. The first-order valence-corrected chi connectivity index (χ1v) is 13.0. The highest BCUT2D eigenvalue weighted by Gasteiger charge is 2.49. The molecule has 35 heavy (non-hydrogen) atoms. The Kier molecular flexibility index (Phi) is 6.91. The molecule has 0 radical (unpaired) electrons. The predicted molar refractivity (Wildman–Crippen MR) is 132 cm³/mol. The zero-order chi connectivity index (χ0) is 24.4. The van der Waals surface area contributed by atoms with E-state index in [1.54, 1.807) is 36.4 Å². The minimum atomic E-state index is -0.860. The fraction of sp³-hybridized carbons (Fsp3) is 0.333. The van der Waals surface area contributed by atoms with Crippen molar-refractivity contribution in [2.75, 3.05) is 26.2 Å². The minimum absolute atomic E-state index is 0.133. The third kappa shape index (κ3) is 5.42. The summed E-state index contributed by atoms with van der Waals surface area (Å²) in [4.78, 5) is 26.6. The molecular formula is C27H26ClFNO4S+. The third-order valence-electron chi connectivity index (χ3n) is 7.08. The van der Waals surface area contributed by atoms with E-state index in [9.17, 15) is 14.0 Å². The molecule has 2 bridgehead atoms. The highest BCUT2D eigenvalue weighted by Crippen LogP contribution is 2.37. The van der Waals surface area contributed by atoms with Gasteiger partial charge in [-0.15, -0.1) is 11.3 Å². The monoisotopic (exact) mass is 514 g/mol. The predicted octanol–water partition coefficient (Wildman–Crippen LogP) is 6.28. The molecule has 0 amide bonds. The normalized spacial score (nSPS) is 24.1. The van der Waals surface area contributed by atoms with Crippen LogP contribution in [0.1, 0.15) is 39.7 Å². The lowest BCUT2D eigenvalue weighted by Crippen LogP contribution is -2.65. The maximum absolute atomic E-state index is 14.0. The highest BCUT2D eigenvalue weighted by molar-refractivity contribution is 7.12. The number of piperidine rings is 3. The Morgan fingerprint density at radius 2 is 1.80 bits per heavy atom. The zero-order valence-electron chi connectivity index (χ0n) is 19.1. The average molecular weight is 515 g/mol. The molecule has 8 heteroatoms. The van der Waals surface area contributed by atoms with Crippen molar-refractivity contribution in [2.24, 2.45) is 5.92 Å². The molecule has 5 nitrogen and oxygen atoms in total. The molecule has 3 aromatic rings. The van der Waals surface area contributed by atoms with Gasteiger partial charge >= 0.3 is 6.16 Å². The topological polar surface area (TPSA) is 52.6 Å². The number of quaternary nitrogens is 1. The van der Waals surface area contributed by atoms with E-state index in [4.69, 9.17) is 21.1 Å². The van der Waals surface area contributed by atoms with Crippen LogP contribution in [0.25, 0.3) is 0 Å². The van der Waals surface area contributed by atoms with Crippen molar-refractivity contribution >= 4 is 34.9 Å². The number of carbonyl (C=O) groups excluding carboxylic acids is 2. The summed E-state index contributed by atoms with van der Waals surface area (Å²) in [5, 5.41) is 2.40. The number of halogens is 2. The number of thiophene rings is 1. The van der Waals surface area contributed by atoms with Gasteiger partial charge in [0.1, 0.15) is 18.9 Å².